The molecule has 0 bridgehead atoms. The van der Waals surface area contributed by atoms with Gasteiger partial charge >= 0.3 is 5.97 Å². The summed E-state index contributed by atoms with van der Waals surface area (Å²) in [4.78, 5) is 12.4. The first-order valence-corrected chi connectivity index (χ1v) is 4.44. The molecule has 1 N–H and O–H groups in total. The van der Waals surface area contributed by atoms with E-state index in [2.05, 4.69) is 18.1 Å². The molecule has 0 aliphatic heterocycles. The SMILES string of the molecule is C=CCN(CC=C)CC(C)=CC(=O)O. The molecule has 0 aromatic heterocycles. The topological polar surface area (TPSA) is 40.5 Å². The maximum atomic E-state index is 10.4. The summed E-state index contributed by atoms with van der Waals surface area (Å²) in [6.07, 6.45) is 4.80. The van der Waals surface area contributed by atoms with Gasteiger partial charge in [0.05, 0.1) is 0 Å². The van der Waals surface area contributed by atoms with Crippen LogP contribution in [0.15, 0.2) is 37.0 Å². The molecule has 0 rings (SSSR count). The fourth-order valence-electron chi connectivity index (χ4n) is 1.18. The highest BCUT2D eigenvalue weighted by Gasteiger charge is 2.02. The number of hydrogen-bond acceptors (Lipinski definition) is 2. The Kier molecular flexibility index (Phi) is 6.41. The zero-order valence-corrected chi connectivity index (χ0v) is 8.57. The smallest absolute Gasteiger partial charge is 0.328 e. The highest BCUT2D eigenvalue weighted by atomic mass is 16.4. The van der Waals surface area contributed by atoms with Crippen molar-refractivity contribution in [2.45, 2.75) is 6.92 Å². The molecule has 0 aromatic rings. The van der Waals surface area contributed by atoms with Crippen molar-refractivity contribution < 1.29 is 9.90 Å². The van der Waals surface area contributed by atoms with Crippen molar-refractivity contribution in [2.24, 2.45) is 0 Å². The lowest BCUT2D eigenvalue weighted by molar-refractivity contribution is -0.131. The number of hydrogen-bond donors (Lipinski definition) is 1. The molecule has 78 valence electrons. The first-order chi connectivity index (χ1) is 6.60. The summed E-state index contributed by atoms with van der Waals surface area (Å²) in [5.41, 5.74) is 0.821. The first kappa shape index (κ1) is 12.7. The Morgan fingerprint density at radius 1 is 1.36 bits per heavy atom. The van der Waals surface area contributed by atoms with Gasteiger partial charge in [0.1, 0.15) is 0 Å². The quantitative estimate of drug-likeness (QED) is 0.496. The minimum atomic E-state index is -0.903. The molecule has 3 heteroatoms. The Hall–Kier alpha value is -1.35. The summed E-state index contributed by atoms with van der Waals surface area (Å²) in [6.45, 7) is 11.2. The van der Waals surface area contributed by atoms with Crippen molar-refractivity contribution in [3.8, 4) is 0 Å². The van der Waals surface area contributed by atoms with Gasteiger partial charge in [0.25, 0.3) is 0 Å². The number of carboxylic acid groups (broad SMARTS) is 1. The molecule has 0 atom stereocenters. The van der Waals surface area contributed by atoms with Gasteiger partial charge in [-0.3, -0.25) is 4.90 Å². The van der Waals surface area contributed by atoms with Crippen LogP contribution in [0.4, 0.5) is 0 Å². The van der Waals surface area contributed by atoms with Gasteiger partial charge in [-0.05, 0) is 6.92 Å². The van der Waals surface area contributed by atoms with Crippen molar-refractivity contribution >= 4 is 5.97 Å². The van der Waals surface area contributed by atoms with Gasteiger partial charge in [-0.25, -0.2) is 4.79 Å². The normalized spacial score (nSPS) is 11.4. The van der Waals surface area contributed by atoms with E-state index in [4.69, 9.17) is 5.11 Å². The summed E-state index contributed by atoms with van der Waals surface area (Å²) >= 11 is 0. The number of aliphatic carboxylic acids is 1. The maximum absolute atomic E-state index is 10.4. The zero-order chi connectivity index (χ0) is 11.0. The Bertz CT molecular complexity index is 234. The Balaban J connectivity index is 4.19. The average molecular weight is 195 g/mol. The van der Waals surface area contributed by atoms with E-state index in [1.807, 2.05) is 0 Å². The zero-order valence-electron chi connectivity index (χ0n) is 8.57. The highest BCUT2D eigenvalue weighted by molar-refractivity contribution is 5.80. The number of carboxylic acids is 1. The largest absolute Gasteiger partial charge is 0.478 e. The van der Waals surface area contributed by atoms with Crippen LogP contribution in [-0.4, -0.2) is 35.6 Å². The molecule has 0 saturated heterocycles. The Morgan fingerprint density at radius 2 is 1.86 bits per heavy atom. The van der Waals surface area contributed by atoms with Crippen molar-refractivity contribution in [1.29, 1.82) is 0 Å². The maximum Gasteiger partial charge on any atom is 0.328 e. The average Bonchev–Trinajstić information content (AvgIpc) is 2.03. The highest BCUT2D eigenvalue weighted by Crippen LogP contribution is 1.98. The minimum Gasteiger partial charge on any atom is -0.478 e. The fourth-order valence-corrected chi connectivity index (χ4v) is 1.18. The van der Waals surface area contributed by atoms with Gasteiger partial charge in [0, 0.05) is 25.7 Å². The third-order valence-corrected chi connectivity index (χ3v) is 1.62. The lowest BCUT2D eigenvalue weighted by Crippen LogP contribution is -2.25. The second-order valence-electron chi connectivity index (χ2n) is 3.10. The Morgan fingerprint density at radius 3 is 2.21 bits per heavy atom. The van der Waals surface area contributed by atoms with Crippen LogP contribution in [-0.2, 0) is 4.79 Å². The van der Waals surface area contributed by atoms with Gasteiger partial charge in [-0.1, -0.05) is 17.7 Å². The van der Waals surface area contributed by atoms with Crippen molar-refractivity contribution in [3.05, 3.63) is 37.0 Å². The molecule has 0 fully saturated rings. The molecular formula is C11H17NO2. The van der Waals surface area contributed by atoms with E-state index in [1.165, 1.54) is 6.08 Å². The standard InChI is InChI=1S/C11H17NO2/c1-4-6-12(7-5-2)9-10(3)8-11(13)14/h4-5,8H,1-2,6-7,9H2,3H3,(H,13,14). The molecule has 0 aliphatic carbocycles. The van der Waals surface area contributed by atoms with Crippen LogP contribution in [0.3, 0.4) is 0 Å². The lowest BCUT2D eigenvalue weighted by Gasteiger charge is -2.18. The van der Waals surface area contributed by atoms with Crippen LogP contribution in [0.2, 0.25) is 0 Å². The minimum absolute atomic E-state index is 0.629. The molecule has 0 heterocycles. The monoisotopic (exact) mass is 195 g/mol. The third kappa shape index (κ3) is 6.20. The number of rotatable bonds is 7. The van der Waals surface area contributed by atoms with Gasteiger partial charge < -0.3 is 5.11 Å². The number of nitrogens with zero attached hydrogens (tertiary/aromatic N) is 1. The van der Waals surface area contributed by atoms with Gasteiger partial charge in [-0.15, -0.1) is 13.2 Å². The molecule has 0 saturated carbocycles. The van der Waals surface area contributed by atoms with E-state index in [0.29, 0.717) is 6.54 Å². The second kappa shape index (κ2) is 7.09. The molecular weight excluding hydrogens is 178 g/mol. The van der Waals surface area contributed by atoms with E-state index in [0.717, 1.165) is 18.7 Å². The van der Waals surface area contributed by atoms with Crippen LogP contribution < -0.4 is 0 Å². The summed E-state index contributed by atoms with van der Waals surface area (Å²) in [6, 6.07) is 0. The first-order valence-electron chi connectivity index (χ1n) is 4.44. The van der Waals surface area contributed by atoms with E-state index in [1.54, 1.807) is 19.1 Å². The van der Waals surface area contributed by atoms with E-state index >= 15 is 0 Å². The molecule has 0 radical (unpaired) electrons. The van der Waals surface area contributed by atoms with E-state index in [-0.39, 0.29) is 0 Å². The molecule has 14 heavy (non-hydrogen) atoms. The Labute approximate surface area is 85.0 Å². The van der Waals surface area contributed by atoms with E-state index < -0.39 is 5.97 Å². The predicted molar refractivity (Wildman–Crippen MR) is 58.2 cm³/mol. The van der Waals surface area contributed by atoms with Crippen LogP contribution in [0.5, 0.6) is 0 Å². The predicted octanol–water partition coefficient (Wildman–Crippen LogP) is 1.69. The summed E-state index contributed by atoms with van der Waals surface area (Å²) in [5, 5.41) is 8.52. The van der Waals surface area contributed by atoms with Crippen LogP contribution >= 0.6 is 0 Å². The summed E-state index contributed by atoms with van der Waals surface area (Å²) in [7, 11) is 0. The van der Waals surface area contributed by atoms with Crippen LogP contribution in [0.1, 0.15) is 6.92 Å². The molecule has 0 aromatic carbocycles. The molecule has 0 unspecified atom stereocenters. The van der Waals surface area contributed by atoms with Crippen LogP contribution in [0.25, 0.3) is 0 Å². The number of carbonyl (C=O) groups is 1. The lowest BCUT2D eigenvalue weighted by atomic mass is 10.2. The summed E-state index contributed by atoms with van der Waals surface area (Å²) < 4.78 is 0. The van der Waals surface area contributed by atoms with Gasteiger partial charge in [-0.2, -0.15) is 0 Å². The summed E-state index contributed by atoms with van der Waals surface area (Å²) in [5.74, 6) is -0.903. The van der Waals surface area contributed by atoms with Crippen molar-refractivity contribution in [2.75, 3.05) is 19.6 Å². The second-order valence-corrected chi connectivity index (χ2v) is 3.10. The molecule has 0 amide bonds. The molecule has 3 nitrogen and oxygen atoms in total. The van der Waals surface area contributed by atoms with Crippen LogP contribution in [0, 0.1) is 0 Å². The fraction of sp³-hybridized carbons (Fsp3) is 0.364. The molecule has 0 spiro atoms. The van der Waals surface area contributed by atoms with Crippen molar-refractivity contribution in [3.63, 3.8) is 0 Å². The molecule has 0 aliphatic rings. The van der Waals surface area contributed by atoms with E-state index in [9.17, 15) is 4.79 Å². The third-order valence-electron chi connectivity index (χ3n) is 1.62. The van der Waals surface area contributed by atoms with Crippen molar-refractivity contribution in [1.82, 2.24) is 4.90 Å². The van der Waals surface area contributed by atoms with Gasteiger partial charge in [0.15, 0.2) is 0 Å². The van der Waals surface area contributed by atoms with Gasteiger partial charge in [0.2, 0.25) is 0 Å².